The van der Waals surface area contributed by atoms with Crippen LogP contribution in [0.2, 0.25) is 0 Å². The molecule has 0 fully saturated rings. The van der Waals surface area contributed by atoms with E-state index in [0.717, 1.165) is 0 Å². The molecule has 2 aliphatic rings. The first kappa shape index (κ1) is 14.4. The fraction of sp³-hybridized carbons (Fsp3) is 0.429. The van der Waals surface area contributed by atoms with E-state index in [1.807, 2.05) is 0 Å². The minimum Gasteiger partial charge on any atom is -0.0768 e. The van der Waals surface area contributed by atoms with Crippen molar-refractivity contribution in [3.05, 3.63) is 65.3 Å². The summed E-state index contributed by atoms with van der Waals surface area (Å²) >= 11 is 0. The first-order valence-electron chi connectivity index (χ1n) is 7.98. The molecule has 2 unspecified atom stereocenters. The molecular weight excluding hydrogens is 252 g/mol. The Morgan fingerprint density at radius 1 is 0.857 bits per heavy atom. The molecule has 1 aromatic carbocycles. The van der Waals surface area contributed by atoms with Crippen LogP contribution in [0.5, 0.6) is 0 Å². The largest absolute Gasteiger partial charge is 0.0768 e. The number of allylic oxidation sites excluding steroid dienone is 5. The lowest BCUT2D eigenvalue weighted by Gasteiger charge is -2.36. The first-order chi connectivity index (χ1) is 9.80. The maximum Gasteiger partial charge on any atom is 0.00870 e. The molecule has 0 bridgehead atoms. The highest BCUT2D eigenvalue weighted by atomic mass is 14.4. The number of fused-ring (bicyclic) bond motifs is 1. The summed E-state index contributed by atoms with van der Waals surface area (Å²) in [6.07, 6.45) is 11.9. The highest BCUT2D eigenvalue weighted by molar-refractivity contribution is 5.63. The molecule has 2 aliphatic carbocycles. The second-order valence-electron chi connectivity index (χ2n) is 8.04. The molecule has 21 heavy (non-hydrogen) atoms. The molecule has 110 valence electrons. The molecule has 0 saturated carbocycles. The van der Waals surface area contributed by atoms with Gasteiger partial charge >= 0.3 is 0 Å². The Morgan fingerprint density at radius 3 is 2.24 bits per heavy atom. The van der Waals surface area contributed by atoms with Gasteiger partial charge in [0.05, 0.1) is 0 Å². The lowest BCUT2D eigenvalue weighted by Crippen LogP contribution is -2.27. The third kappa shape index (κ3) is 2.41. The first-order valence-corrected chi connectivity index (χ1v) is 7.98. The van der Waals surface area contributed by atoms with Gasteiger partial charge in [0, 0.05) is 11.8 Å². The molecule has 0 heteroatoms. The summed E-state index contributed by atoms with van der Waals surface area (Å²) in [7, 11) is 0. The number of rotatable bonds is 2. The fourth-order valence-corrected chi connectivity index (χ4v) is 3.58. The molecule has 0 heterocycles. The van der Waals surface area contributed by atoms with Crippen molar-refractivity contribution in [3.8, 4) is 0 Å². The van der Waals surface area contributed by atoms with Gasteiger partial charge in [-0.05, 0) is 27.5 Å². The van der Waals surface area contributed by atoms with Gasteiger partial charge in [-0.1, -0.05) is 89.3 Å². The van der Waals surface area contributed by atoms with Gasteiger partial charge in [0.25, 0.3) is 0 Å². The summed E-state index contributed by atoms with van der Waals surface area (Å²) in [5, 5.41) is 0. The van der Waals surface area contributed by atoms with E-state index >= 15 is 0 Å². The van der Waals surface area contributed by atoms with Crippen LogP contribution < -0.4 is 0 Å². The van der Waals surface area contributed by atoms with Crippen molar-refractivity contribution in [2.75, 3.05) is 0 Å². The number of hydrogen-bond acceptors (Lipinski definition) is 0. The summed E-state index contributed by atoms with van der Waals surface area (Å²) < 4.78 is 0. The van der Waals surface area contributed by atoms with E-state index in [1.165, 1.54) is 16.7 Å². The standard InChI is InChI=1S/C21H26/c1-20(2,3)16-11-12-17(14-16)21(4,5)19-13-10-15-8-6-7-9-18(15)19/h6-14,17,19H,1-5H3. The zero-order chi connectivity index (χ0) is 15.3. The highest BCUT2D eigenvalue weighted by Crippen LogP contribution is 2.50. The summed E-state index contributed by atoms with van der Waals surface area (Å²) in [6, 6.07) is 8.80. The summed E-state index contributed by atoms with van der Waals surface area (Å²) in [4.78, 5) is 0. The molecule has 0 aliphatic heterocycles. The van der Waals surface area contributed by atoms with Crippen molar-refractivity contribution in [2.24, 2.45) is 16.7 Å². The smallest absolute Gasteiger partial charge is 0.00870 e. The molecular formula is C21H26. The van der Waals surface area contributed by atoms with E-state index in [9.17, 15) is 0 Å². The number of hydrogen-bond donors (Lipinski definition) is 0. The predicted octanol–water partition coefficient (Wildman–Crippen LogP) is 5.98. The molecule has 1 aromatic rings. The fourth-order valence-electron chi connectivity index (χ4n) is 3.58. The van der Waals surface area contributed by atoms with Gasteiger partial charge in [-0.15, -0.1) is 0 Å². The second kappa shape index (κ2) is 4.73. The van der Waals surface area contributed by atoms with Crippen molar-refractivity contribution in [1.82, 2.24) is 0 Å². The lowest BCUT2D eigenvalue weighted by atomic mass is 9.68. The Hall–Kier alpha value is -1.56. The van der Waals surface area contributed by atoms with Gasteiger partial charge in [0.15, 0.2) is 0 Å². The predicted molar refractivity (Wildman–Crippen MR) is 92.2 cm³/mol. The van der Waals surface area contributed by atoms with Crippen LogP contribution in [-0.2, 0) is 0 Å². The Kier molecular flexibility index (Phi) is 3.24. The Balaban J connectivity index is 1.92. The monoisotopic (exact) mass is 278 g/mol. The van der Waals surface area contributed by atoms with Gasteiger partial charge in [0.2, 0.25) is 0 Å². The lowest BCUT2D eigenvalue weighted by molar-refractivity contribution is 0.271. The normalized spacial score (nSPS) is 24.3. The van der Waals surface area contributed by atoms with E-state index < -0.39 is 0 Å². The maximum absolute atomic E-state index is 2.48. The van der Waals surface area contributed by atoms with Gasteiger partial charge < -0.3 is 0 Å². The summed E-state index contributed by atoms with van der Waals surface area (Å²) in [5.74, 6) is 1.01. The maximum atomic E-state index is 2.48. The Labute approximate surface area is 129 Å². The summed E-state index contributed by atoms with van der Waals surface area (Å²) in [6.45, 7) is 11.7. The average molecular weight is 278 g/mol. The summed E-state index contributed by atoms with van der Waals surface area (Å²) in [5.41, 5.74) is 4.78. The highest BCUT2D eigenvalue weighted by Gasteiger charge is 2.39. The van der Waals surface area contributed by atoms with Gasteiger partial charge in [-0.3, -0.25) is 0 Å². The molecule has 0 nitrogen and oxygen atoms in total. The van der Waals surface area contributed by atoms with E-state index in [0.29, 0.717) is 11.8 Å². The van der Waals surface area contributed by atoms with E-state index in [1.54, 1.807) is 0 Å². The SMILES string of the molecule is CC(C)(C)C1=CC(C(C)(C)C2C=Cc3ccccc32)C=C1. The van der Waals surface area contributed by atoms with Gasteiger partial charge in [0.1, 0.15) is 0 Å². The second-order valence-corrected chi connectivity index (χ2v) is 8.04. The van der Waals surface area contributed by atoms with Crippen molar-refractivity contribution in [2.45, 2.75) is 40.5 Å². The molecule has 0 N–H and O–H groups in total. The Morgan fingerprint density at radius 2 is 1.57 bits per heavy atom. The van der Waals surface area contributed by atoms with E-state index in [-0.39, 0.29) is 10.8 Å². The molecule has 0 spiro atoms. The molecule has 2 atom stereocenters. The van der Waals surface area contributed by atoms with Crippen molar-refractivity contribution < 1.29 is 0 Å². The van der Waals surface area contributed by atoms with Gasteiger partial charge in [-0.25, -0.2) is 0 Å². The van der Waals surface area contributed by atoms with Crippen molar-refractivity contribution in [3.63, 3.8) is 0 Å². The van der Waals surface area contributed by atoms with Crippen LogP contribution in [0, 0.1) is 16.7 Å². The van der Waals surface area contributed by atoms with E-state index in [2.05, 4.69) is 89.3 Å². The zero-order valence-corrected chi connectivity index (χ0v) is 13.9. The minimum absolute atomic E-state index is 0.201. The molecule has 0 radical (unpaired) electrons. The molecule has 0 saturated heterocycles. The topological polar surface area (TPSA) is 0 Å². The third-order valence-electron chi connectivity index (χ3n) is 5.17. The van der Waals surface area contributed by atoms with Crippen LogP contribution >= 0.6 is 0 Å². The van der Waals surface area contributed by atoms with Crippen LogP contribution in [0.1, 0.15) is 51.7 Å². The molecule has 3 rings (SSSR count). The van der Waals surface area contributed by atoms with Crippen LogP contribution in [0.3, 0.4) is 0 Å². The van der Waals surface area contributed by atoms with Crippen LogP contribution in [0.4, 0.5) is 0 Å². The van der Waals surface area contributed by atoms with Crippen LogP contribution in [0.25, 0.3) is 6.08 Å². The van der Waals surface area contributed by atoms with Crippen LogP contribution in [-0.4, -0.2) is 0 Å². The third-order valence-corrected chi connectivity index (χ3v) is 5.17. The zero-order valence-electron chi connectivity index (χ0n) is 13.9. The van der Waals surface area contributed by atoms with Crippen LogP contribution in [0.15, 0.2) is 54.1 Å². The number of benzene rings is 1. The van der Waals surface area contributed by atoms with Gasteiger partial charge in [-0.2, -0.15) is 0 Å². The van der Waals surface area contributed by atoms with Crippen molar-refractivity contribution in [1.29, 1.82) is 0 Å². The van der Waals surface area contributed by atoms with E-state index in [4.69, 9.17) is 0 Å². The average Bonchev–Trinajstić information content (AvgIpc) is 3.05. The molecule has 0 amide bonds. The minimum atomic E-state index is 0.201. The Bertz CT molecular complexity index is 632. The quantitative estimate of drug-likeness (QED) is 0.624. The molecule has 0 aromatic heterocycles. The van der Waals surface area contributed by atoms with Crippen molar-refractivity contribution >= 4 is 6.08 Å².